The Hall–Kier alpha value is -1.39. The van der Waals surface area contributed by atoms with Gasteiger partial charge in [-0.15, -0.1) is 0 Å². The predicted octanol–water partition coefficient (Wildman–Crippen LogP) is 2.29. The normalized spacial score (nSPS) is 20.2. The Bertz CT molecular complexity index is 479. The Balaban J connectivity index is 1.66. The number of carbonyl (C=O) groups excluding carboxylic acids is 1. The van der Waals surface area contributed by atoms with Gasteiger partial charge in [0, 0.05) is 51.4 Å². The molecule has 0 radical (unpaired) electrons. The van der Waals surface area contributed by atoms with Crippen LogP contribution in [-0.4, -0.2) is 54.1 Å². The molecular formula is C18H26N2O2. The molecule has 0 aromatic heterocycles. The summed E-state index contributed by atoms with van der Waals surface area (Å²) in [6, 6.07) is 11.7. The SMILES string of the molecule is CCC(=O)N1CC(N(Cc2ccccc2)C2CCOCC2)C1. The molecule has 2 heterocycles. The molecule has 1 amide bonds. The number of hydrogen-bond donors (Lipinski definition) is 0. The lowest BCUT2D eigenvalue weighted by molar-refractivity contribution is -0.140. The maximum atomic E-state index is 11.8. The Labute approximate surface area is 133 Å². The summed E-state index contributed by atoms with van der Waals surface area (Å²) in [5, 5.41) is 0. The molecular weight excluding hydrogens is 276 g/mol. The molecule has 4 nitrogen and oxygen atoms in total. The van der Waals surface area contributed by atoms with Crippen LogP contribution in [0.4, 0.5) is 0 Å². The summed E-state index contributed by atoms with van der Waals surface area (Å²) < 4.78 is 5.52. The van der Waals surface area contributed by atoms with Crippen molar-refractivity contribution in [2.45, 2.75) is 44.8 Å². The molecule has 0 aliphatic carbocycles. The van der Waals surface area contributed by atoms with Gasteiger partial charge in [-0.05, 0) is 18.4 Å². The molecule has 2 aliphatic rings. The highest BCUT2D eigenvalue weighted by Gasteiger charge is 2.37. The first kappa shape index (κ1) is 15.5. The molecule has 2 fully saturated rings. The van der Waals surface area contributed by atoms with Gasteiger partial charge < -0.3 is 9.64 Å². The molecule has 4 heteroatoms. The van der Waals surface area contributed by atoms with Gasteiger partial charge in [0.2, 0.25) is 5.91 Å². The van der Waals surface area contributed by atoms with Crippen molar-refractivity contribution in [3.63, 3.8) is 0 Å². The Kier molecular flexibility index (Phi) is 5.11. The minimum atomic E-state index is 0.280. The van der Waals surface area contributed by atoms with Gasteiger partial charge in [-0.1, -0.05) is 37.3 Å². The molecule has 0 unspecified atom stereocenters. The van der Waals surface area contributed by atoms with E-state index in [0.29, 0.717) is 18.5 Å². The number of carbonyl (C=O) groups is 1. The molecule has 120 valence electrons. The quantitative estimate of drug-likeness (QED) is 0.836. The van der Waals surface area contributed by atoms with E-state index < -0.39 is 0 Å². The summed E-state index contributed by atoms with van der Waals surface area (Å²) in [6.45, 7) is 6.41. The standard InChI is InChI=1S/C18H26N2O2/c1-2-18(21)19-13-17(14-19)20(16-8-10-22-11-9-16)12-15-6-4-3-5-7-15/h3-7,16-17H,2,8-14H2,1H3. The number of rotatable bonds is 5. The van der Waals surface area contributed by atoms with Crippen LogP contribution in [0.1, 0.15) is 31.7 Å². The molecule has 0 atom stereocenters. The Morgan fingerprint density at radius 1 is 1.18 bits per heavy atom. The van der Waals surface area contributed by atoms with Crippen molar-refractivity contribution in [3.8, 4) is 0 Å². The molecule has 0 saturated carbocycles. The van der Waals surface area contributed by atoms with Crippen molar-refractivity contribution in [1.82, 2.24) is 9.80 Å². The van der Waals surface area contributed by atoms with Gasteiger partial charge in [-0.3, -0.25) is 9.69 Å². The molecule has 1 aromatic rings. The first-order valence-electron chi connectivity index (χ1n) is 8.43. The van der Waals surface area contributed by atoms with E-state index in [4.69, 9.17) is 4.74 Å². The van der Waals surface area contributed by atoms with Gasteiger partial charge in [0.1, 0.15) is 0 Å². The fourth-order valence-electron chi connectivity index (χ4n) is 3.46. The predicted molar refractivity (Wildman–Crippen MR) is 86.5 cm³/mol. The number of ether oxygens (including phenoxy) is 1. The van der Waals surface area contributed by atoms with Crippen LogP contribution >= 0.6 is 0 Å². The number of hydrogen-bond acceptors (Lipinski definition) is 3. The third kappa shape index (κ3) is 3.50. The molecule has 0 N–H and O–H groups in total. The largest absolute Gasteiger partial charge is 0.381 e. The van der Waals surface area contributed by atoms with Crippen molar-refractivity contribution < 1.29 is 9.53 Å². The monoisotopic (exact) mass is 302 g/mol. The van der Waals surface area contributed by atoms with Gasteiger partial charge in [-0.25, -0.2) is 0 Å². The smallest absolute Gasteiger partial charge is 0.222 e. The van der Waals surface area contributed by atoms with Gasteiger partial charge in [-0.2, -0.15) is 0 Å². The van der Waals surface area contributed by atoms with Crippen LogP contribution in [0, 0.1) is 0 Å². The van der Waals surface area contributed by atoms with Crippen molar-refractivity contribution in [1.29, 1.82) is 0 Å². The van der Waals surface area contributed by atoms with Crippen LogP contribution in [0.25, 0.3) is 0 Å². The summed E-state index contributed by atoms with van der Waals surface area (Å²) >= 11 is 0. The zero-order valence-corrected chi connectivity index (χ0v) is 13.4. The zero-order chi connectivity index (χ0) is 15.4. The summed E-state index contributed by atoms with van der Waals surface area (Å²) in [7, 11) is 0. The van der Waals surface area contributed by atoms with Crippen molar-refractivity contribution in [3.05, 3.63) is 35.9 Å². The highest BCUT2D eigenvalue weighted by molar-refractivity contribution is 5.76. The van der Waals surface area contributed by atoms with Gasteiger partial charge >= 0.3 is 0 Å². The van der Waals surface area contributed by atoms with Crippen LogP contribution < -0.4 is 0 Å². The minimum Gasteiger partial charge on any atom is -0.381 e. The molecule has 3 rings (SSSR count). The molecule has 22 heavy (non-hydrogen) atoms. The van der Waals surface area contributed by atoms with Crippen molar-refractivity contribution in [2.24, 2.45) is 0 Å². The number of nitrogens with zero attached hydrogens (tertiary/aromatic N) is 2. The molecule has 2 aliphatic heterocycles. The van der Waals surface area contributed by atoms with Gasteiger partial charge in [0.25, 0.3) is 0 Å². The molecule has 0 spiro atoms. The van der Waals surface area contributed by atoms with E-state index in [1.54, 1.807) is 0 Å². The second kappa shape index (κ2) is 7.25. The molecule has 0 bridgehead atoms. The van der Waals surface area contributed by atoms with Crippen LogP contribution in [0.2, 0.25) is 0 Å². The van der Waals surface area contributed by atoms with E-state index in [-0.39, 0.29) is 5.91 Å². The third-order valence-electron chi connectivity index (χ3n) is 4.85. The minimum absolute atomic E-state index is 0.280. The van der Waals surface area contributed by atoms with E-state index >= 15 is 0 Å². The maximum absolute atomic E-state index is 11.8. The fourth-order valence-corrected chi connectivity index (χ4v) is 3.46. The lowest BCUT2D eigenvalue weighted by Gasteiger charge is -2.49. The average molecular weight is 302 g/mol. The lowest BCUT2D eigenvalue weighted by atomic mass is 9.98. The zero-order valence-electron chi connectivity index (χ0n) is 13.4. The lowest BCUT2D eigenvalue weighted by Crippen LogP contribution is -2.63. The van der Waals surface area contributed by atoms with E-state index in [9.17, 15) is 4.79 Å². The number of benzene rings is 1. The highest BCUT2D eigenvalue weighted by atomic mass is 16.5. The van der Waals surface area contributed by atoms with E-state index in [1.807, 2.05) is 11.8 Å². The first-order valence-corrected chi connectivity index (χ1v) is 8.43. The van der Waals surface area contributed by atoms with Gasteiger partial charge in [0.15, 0.2) is 0 Å². The second-order valence-electron chi connectivity index (χ2n) is 6.31. The van der Waals surface area contributed by atoms with E-state index in [0.717, 1.165) is 45.7 Å². The highest BCUT2D eigenvalue weighted by Crippen LogP contribution is 2.25. The van der Waals surface area contributed by atoms with Crippen LogP contribution in [0.5, 0.6) is 0 Å². The number of likely N-dealkylation sites (tertiary alicyclic amines) is 1. The van der Waals surface area contributed by atoms with Crippen molar-refractivity contribution in [2.75, 3.05) is 26.3 Å². The Morgan fingerprint density at radius 3 is 2.50 bits per heavy atom. The maximum Gasteiger partial charge on any atom is 0.222 e. The summed E-state index contributed by atoms with van der Waals surface area (Å²) in [6.07, 6.45) is 2.82. The van der Waals surface area contributed by atoms with Crippen LogP contribution in [-0.2, 0) is 16.1 Å². The molecule has 2 saturated heterocycles. The van der Waals surface area contributed by atoms with E-state index in [1.165, 1.54) is 5.56 Å². The molecule has 1 aromatic carbocycles. The fraction of sp³-hybridized carbons (Fsp3) is 0.611. The first-order chi connectivity index (χ1) is 10.8. The Morgan fingerprint density at radius 2 is 1.86 bits per heavy atom. The summed E-state index contributed by atoms with van der Waals surface area (Å²) in [5.41, 5.74) is 1.36. The second-order valence-corrected chi connectivity index (χ2v) is 6.31. The topological polar surface area (TPSA) is 32.8 Å². The summed E-state index contributed by atoms with van der Waals surface area (Å²) in [4.78, 5) is 16.4. The summed E-state index contributed by atoms with van der Waals surface area (Å²) in [5.74, 6) is 0.280. The van der Waals surface area contributed by atoms with Crippen molar-refractivity contribution >= 4 is 5.91 Å². The third-order valence-corrected chi connectivity index (χ3v) is 4.85. The average Bonchev–Trinajstić information content (AvgIpc) is 2.54. The van der Waals surface area contributed by atoms with Crippen LogP contribution in [0.15, 0.2) is 30.3 Å². The number of amides is 1. The van der Waals surface area contributed by atoms with Gasteiger partial charge in [0.05, 0.1) is 0 Å². The van der Waals surface area contributed by atoms with Crippen LogP contribution in [0.3, 0.4) is 0 Å². The van der Waals surface area contributed by atoms with E-state index in [2.05, 4.69) is 35.2 Å².